The van der Waals surface area contributed by atoms with Crippen LogP contribution < -0.4 is 17.2 Å². The van der Waals surface area contributed by atoms with Crippen molar-refractivity contribution >= 4 is 17.5 Å². The van der Waals surface area contributed by atoms with Crippen LogP contribution in [0, 0.1) is 0 Å². The Kier molecular flexibility index (Phi) is 14.3. The van der Waals surface area contributed by atoms with Gasteiger partial charge in [0.25, 0.3) is 0 Å². The molecular formula is C14H30N6O8. The van der Waals surface area contributed by atoms with Crippen molar-refractivity contribution in [2.75, 3.05) is 33.0 Å². The van der Waals surface area contributed by atoms with E-state index in [-0.39, 0.29) is 56.6 Å². The van der Waals surface area contributed by atoms with Crippen molar-refractivity contribution in [3.8, 4) is 0 Å². The molecule has 14 nitrogen and oxygen atoms in total. The Morgan fingerprint density at radius 3 is 1.25 bits per heavy atom. The van der Waals surface area contributed by atoms with Crippen LogP contribution in [0.4, 0.5) is 0 Å². The number of hydrogen-bond donors (Lipinski definition) is 8. The normalized spacial score (nSPS) is 16.7. The van der Waals surface area contributed by atoms with Gasteiger partial charge in [0.05, 0.1) is 33.0 Å². The van der Waals surface area contributed by atoms with Crippen LogP contribution in [0.15, 0.2) is 15.5 Å². The summed E-state index contributed by atoms with van der Waals surface area (Å²) < 4.78 is 16.6. The van der Waals surface area contributed by atoms with Crippen molar-refractivity contribution in [3.05, 3.63) is 0 Å². The second-order valence-electron chi connectivity index (χ2n) is 5.54. The highest BCUT2D eigenvalue weighted by molar-refractivity contribution is 5.80. The van der Waals surface area contributed by atoms with E-state index in [1.165, 1.54) is 0 Å². The van der Waals surface area contributed by atoms with Crippen molar-refractivity contribution < 1.29 is 40.0 Å². The minimum Gasteiger partial charge on any atom is -0.409 e. The lowest BCUT2D eigenvalue weighted by atomic mass is 10.1. The molecule has 0 saturated heterocycles. The van der Waals surface area contributed by atoms with E-state index in [1.54, 1.807) is 0 Å². The number of aliphatic hydroxyl groups is 2. The zero-order valence-electron chi connectivity index (χ0n) is 15.4. The summed E-state index contributed by atoms with van der Waals surface area (Å²) in [6, 6.07) is 0. The topological polar surface area (TPSA) is 244 Å². The first-order chi connectivity index (χ1) is 13.4. The molecule has 0 saturated carbocycles. The molecule has 11 N–H and O–H groups in total. The highest BCUT2D eigenvalue weighted by Crippen LogP contribution is 2.14. The number of oxime groups is 3. The Morgan fingerprint density at radius 1 is 0.643 bits per heavy atom. The molecule has 0 rings (SSSR count). The third kappa shape index (κ3) is 10.7. The largest absolute Gasteiger partial charge is 0.409 e. The second kappa shape index (κ2) is 15.6. The van der Waals surface area contributed by atoms with Crippen molar-refractivity contribution in [1.82, 2.24) is 0 Å². The van der Waals surface area contributed by atoms with Crippen LogP contribution in [0.3, 0.4) is 0 Å². The van der Waals surface area contributed by atoms with Gasteiger partial charge in [0.2, 0.25) is 0 Å². The van der Waals surface area contributed by atoms with E-state index in [2.05, 4.69) is 15.5 Å². The summed E-state index contributed by atoms with van der Waals surface area (Å²) in [5.74, 6) is -0.190. The van der Waals surface area contributed by atoms with Crippen LogP contribution in [0.1, 0.15) is 19.3 Å². The van der Waals surface area contributed by atoms with E-state index in [0.717, 1.165) is 0 Å². The summed E-state index contributed by atoms with van der Waals surface area (Å²) >= 11 is 0. The summed E-state index contributed by atoms with van der Waals surface area (Å²) in [5.41, 5.74) is 16.1. The lowest BCUT2D eigenvalue weighted by molar-refractivity contribution is -0.157. The van der Waals surface area contributed by atoms with Crippen LogP contribution in [0.25, 0.3) is 0 Å². The van der Waals surface area contributed by atoms with E-state index in [9.17, 15) is 10.2 Å². The van der Waals surface area contributed by atoms with Gasteiger partial charge in [-0.1, -0.05) is 15.5 Å². The smallest absolute Gasteiger partial charge is 0.141 e. The van der Waals surface area contributed by atoms with E-state index >= 15 is 0 Å². The molecule has 14 heteroatoms. The van der Waals surface area contributed by atoms with E-state index in [1.807, 2.05) is 0 Å². The van der Waals surface area contributed by atoms with Gasteiger partial charge in [-0.05, 0) is 0 Å². The summed E-state index contributed by atoms with van der Waals surface area (Å²) in [5, 5.41) is 53.4. The SMILES string of the molecule is NC(CCOC(CO)C(OCCC(N)=NO)C(CO)OCCC(N)=NO)=NO. The maximum absolute atomic E-state index is 9.66. The first-order valence-electron chi connectivity index (χ1n) is 8.39. The molecule has 0 aliphatic carbocycles. The average molecular weight is 410 g/mol. The Bertz CT molecular complexity index is 472. The molecule has 0 aliphatic heterocycles. The number of ether oxygens (including phenoxy) is 3. The molecule has 0 heterocycles. The monoisotopic (exact) mass is 410 g/mol. The Morgan fingerprint density at radius 2 is 0.964 bits per heavy atom. The summed E-state index contributed by atoms with van der Waals surface area (Å²) in [7, 11) is 0. The molecule has 0 aromatic carbocycles. The minimum atomic E-state index is -0.943. The highest BCUT2D eigenvalue weighted by atomic mass is 16.6. The Labute approximate surface area is 161 Å². The number of aliphatic hydroxyl groups excluding tert-OH is 2. The van der Waals surface area contributed by atoms with Crippen molar-refractivity contribution in [2.24, 2.45) is 32.7 Å². The summed E-state index contributed by atoms with van der Waals surface area (Å²) in [6.07, 6.45) is -2.53. The molecule has 0 fully saturated rings. The molecule has 0 aliphatic rings. The standard InChI is InChI=1S/C14H30N6O8/c15-11(18-23)1-4-26-9(7-21)14(28-6-3-13(17)20-25)10(8-22)27-5-2-12(16)19-24/h9-10,14,21-25H,1-8H2,(H2,15,18)(H2,16,19)(H2,17,20). The van der Waals surface area contributed by atoms with E-state index < -0.39 is 31.5 Å². The van der Waals surface area contributed by atoms with E-state index in [4.69, 9.17) is 47.0 Å². The number of nitrogens with zero attached hydrogens (tertiary/aromatic N) is 3. The molecule has 0 aromatic rings. The maximum atomic E-state index is 9.66. The predicted octanol–water partition coefficient (Wildman–Crippen LogP) is -2.46. The number of rotatable bonds is 16. The van der Waals surface area contributed by atoms with Gasteiger partial charge >= 0.3 is 0 Å². The van der Waals surface area contributed by atoms with Gasteiger partial charge in [-0.15, -0.1) is 0 Å². The number of hydrogen-bond acceptors (Lipinski definition) is 11. The first-order valence-corrected chi connectivity index (χ1v) is 8.39. The van der Waals surface area contributed by atoms with Crippen LogP contribution in [-0.2, 0) is 14.2 Å². The summed E-state index contributed by atoms with van der Waals surface area (Å²) in [4.78, 5) is 0. The first kappa shape index (κ1) is 25.6. The van der Waals surface area contributed by atoms with Gasteiger partial charge < -0.3 is 57.2 Å². The quantitative estimate of drug-likeness (QED) is 0.0573. The van der Waals surface area contributed by atoms with Gasteiger partial charge in [0, 0.05) is 19.3 Å². The number of nitrogens with two attached hydrogens (primary N) is 3. The lowest BCUT2D eigenvalue weighted by Gasteiger charge is -2.32. The molecule has 0 bridgehead atoms. The van der Waals surface area contributed by atoms with Gasteiger partial charge in [0.15, 0.2) is 0 Å². The third-order valence-electron chi connectivity index (χ3n) is 3.53. The van der Waals surface area contributed by atoms with Crippen LogP contribution in [-0.4, -0.2) is 94.7 Å². The zero-order valence-corrected chi connectivity index (χ0v) is 15.4. The fraction of sp³-hybridized carbons (Fsp3) is 0.786. The highest BCUT2D eigenvalue weighted by Gasteiger charge is 2.31. The van der Waals surface area contributed by atoms with Crippen LogP contribution >= 0.6 is 0 Å². The third-order valence-corrected chi connectivity index (χ3v) is 3.53. The average Bonchev–Trinajstić information content (AvgIpc) is 2.72. The zero-order chi connectivity index (χ0) is 21.4. The second-order valence-corrected chi connectivity index (χ2v) is 5.54. The molecule has 0 amide bonds. The molecule has 164 valence electrons. The molecule has 28 heavy (non-hydrogen) atoms. The molecule has 0 aromatic heterocycles. The van der Waals surface area contributed by atoms with Crippen LogP contribution in [0.2, 0.25) is 0 Å². The fourth-order valence-electron chi connectivity index (χ4n) is 2.04. The lowest BCUT2D eigenvalue weighted by Crippen LogP contribution is -2.47. The minimum absolute atomic E-state index is 0.00346. The van der Waals surface area contributed by atoms with E-state index in [0.29, 0.717) is 0 Å². The van der Waals surface area contributed by atoms with Crippen molar-refractivity contribution in [2.45, 2.75) is 37.6 Å². The molecular weight excluding hydrogens is 380 g/mol. The van der Waals surface area contributed by atoms with Gasteiger partial charge in [-0.2, -0.15) is 0 Å². The fourth-order valence-corrected chi connectivity index (χ4v) is 2.04. The molecule has 2 atom stereocenters. The Balaban J connectivity index is 5.03. The van der Waals surface area contributed by atoms with Gasteiger partial charge in [-0.3, -0.25) is 0 Å². The van der Waals surface area contributed by atoms with Crippen molar-refractivity contribution in [1.29, 1.82) is 0 Å². The summed E-state index contributed by atoms with van der Waals surface area (Å²) in [6.45, 7) is -0.970. The predicted molar refractivity (Wildman–Crippen MR) is 97.5 cm³/mol. The Hall–Kier alpha value is -2.39. The number of amidine groups is 3. The molecule has 2 unspecified atom stereocenters. The maximum Gasteiger partial charge on any atom is 0.141 e. The molecule has 0 radical (unpaired) electrons. The van der Waals surface area contributed by atoms with Gasteiger partial charge in [-0.25, -0.2) is 0 Å². The van der Waals surface area contributed by atoms with Crippen molar-refractivity contribution in [3.63, 3.8) is 0 Å². The van der Waals surface area contributed by atoms with Gasteiger partial charge in [0.1, 0.15) is 35.8 Å². The van der Waals surface area contributed by atoms with Crippen LogP contribution in [0.5, 0.6) is 0 Å². The molecule has 0 spiro atoms.